The minimum Gasteiger partial charge on any atom is -0.377 e. The maximum atomic E-state index is 6.13. The number of aliphatic imine (C=N–C) groups is 1. The molecule has 4 aliphatic rings. The second-order valence-corrected chi connectivity index (χ2v) is 9.66. The van der Waals surface area contributed by atoms with E-state index in [2.05, 4.69) is 38.0 Å². The van der Waals surface area contributed by atoms with Gasteiger partial charge >= 0.3 is 0 Å². The van der Waals surface area contributed by atoms with Crippen LogP contribution in [0.3, 0.4) is 0 Å². The number of rotatable bonds is 3. The lowest BCUT2D eigenvalue weighted by atomic mass is 9.54. The molecule has 5 nitrogen and oxygen atoms in total. The normalized spacial score (nSPS) is 33.1. The van der Waals surface area contributed by atoms with Gasteiger partial charge in [0.15, 0.2) is 5.96 Å². The number of anilines is 1. The van der Waals surface area contributed by atoms with E-state index in [9.17, 15) is 0 Å². The van der Waals surface area contributed by atoms with E-state index in [4.69, 9.17) is 4.74 Å². The first kappa shape index (κ1) is 17.8. The Hall–Kier alpha value is -1.27. The van der Waals surface area contributed by atoms with Crippen LogP contribution >= 0.6 is 11.3 Å². The van der Waals surface area contributed by atoms with Crippen molar-refractivity contribution in [1.29, 1.82) is 0 Å². The van der Waals surface area contributed by atoms with E-state index in [1.165, 1.54) is 49.9 Å². The number of nitrogens with zero attached hydrogens (tertiary/aromatic N) is 2. The van der Waals surface area contributed by atoms with E-state index in [-0.39, 0.29) is 0 Å². The van der Waals surface area contributed by atoms with E-state index in [1.807, 2.05) is 18.4 Å². The van der Waals surface area contributed by atoms with E-state index >= 15 is 0 Å². The van der Waals surface area contributed by atoms with E-state index in [0.29, 0.717) is 29.5 Å². The number of nitrogens with one attached hydrogen (secondary N) is 2. The average molecular weight is 389 g/mol. The van der Waals surface area contributed by atoms with Crippen LogP contribution in [0.2, 0.25) is 0 Å². The third-order valence-corrected chi connectivity index (χ3v) is 8.38. The molecule has 2 saturated carbocycles. The molecular formula is C21H32N4OS. The Balaban J connectivity index is 1.18. The average Bonchev–Trinajstić information content (AvgIpc) is 3.46. The van der Waals surface area contributed by atoms with Gasteiger partial charge in [0.1, 0.15) is 0 Å². The zero-order valence-electron chi connectivity index (χ0n) is 16.3. The predicted molar refractivity (Wildman–Crippen MR) is 112 cm³/mol. The zero-order chi connectivity index (χ0) is 18.3. The molecule has 148 valence electrons. The van der Waals surface area contributed by atoms with Gasteiger partial charge in [0.05, 0.1) is 11.1 Å². The summed E-state index contributed by atoms with van der Waals surface area (Å²) in [6, 6.07) is 5.44. The van der Waals surface area contributed by atoms with Gasteiger partial charge < -0.3 is 20.3 Å². The van der Waals surface area contributed by atoms with Crippen molar-refractivity contribution < 1.29 is 4.74 Å². The highest BCUT2D eigenvalue weighted by Gasteiger charge is 2.65. The molecule has 1 aromatic heterocycles. The smallest absolute Gasteiger partial charge is 0.191 e. The molecule has 2 saturated heterocycles. The molecule has 27 heavy (non-hydrogen) atoms. The van der Waals surface area contributed by atoms with Crippen LogP contribution < -0.4 is 15.5 Å². The Bertz CT molecular complexity index is 662. The summed E-state index contributed by atoms with van der Waals surface area (Å²) in [6.45, 7) is 3.20. The van der Waals surface area contributed by atoms with Crippen LogP contribution in [0.4, 0.5) is 5.00 Å². The summed E-state index contributed by atoms with van der Waals surface area (Å²) in [7, 11) is 1.92. The number of guanidine groups is 1. The molecule has 2 N–H and O–H groups in total. The fourth-order valence-corrected chi connectivity index (χ4v) is 6.89. The summed E-state index contributed by atoms with van der Waals surface area (Å²) >= 11 is 1.85. The molecule has 0 amide bonds. The monoisotopic (exact) mass is 388 g/mol. The highest BCUT2D eigenvalue weighted by molar-refractivity contribution is 7.14. The maximum Gasteiger partial charge on any atom is 0.191 e. The predicted octanol–water partition coefficient (Wildman–Crippen LogP) is 3.23. The van der Waals surface area contributed by atoms with Crippen LogP contribution in [0, 0.1) is 11.3 Å². The Morgan fingerprint density at radius 2 is 2.04 bits per heavy atom. The second-order valence-electron chi connectivity index (χ2n) is 8.74. The third kappa shape index (κ3) is 3.05. The fraction of sp³-hybridized carbons (Fsp3) is 0.762. The van der Waals surface area contributed by atoms with Crippen LogP contribution in [-0.2, 0) is 4.74 Å². The zero-order valence-corrected chi connectivity index (χ0v) is 17.1. The van der Waals surface area contributed by atoms with Gasteiger partial charge in [-0.25, -0.2) is 0 Å². The molecule has 3 heterocycles. The standard InChI is InChI=1S/C21H32N4OS/c1-22-20(23-15-6-11-25(12-7-15)17-5-4-14-27-17)24-18-16-8-13-26-19(16)21(18)9-2-3-10-21/h4-5,14-16,18-19H,2-3,6-13H2,1H3,(H2,22,23,24). The lowest BCUT2D eigenvalue weighted by Gasteiger charge is -2.57. The first-order chi connectivity index (χ1) is 13.3. The molecule has 5 rings (SSSR count). The molecule has 3 unspecified atom stereocenters. The molecule has 3 atom stereocenters. The SMILES string of the molecule is CN=C(NC1CCN(c2cccs2)CC1)NC1C2CCOC2C12CCCC2. The molecule has 1 spiro atoms. The number of hydrogen-bond donors (Lipinski definition) is 2. The van der Waals surface area contributed by atoms with Crippen molar-refractivity contribution in [1.82, 2.24) is 10.6 Å². The first-order valence-corrected chi connectivity index (χ1v) is 11.6. The number of hydrogen-bond acceptors (Lipinski definition) is 4. The molecule has 2 aliphatic carbocycles. The Morgan fingerprint density at radius 3 is 2.74 bits per heavy atom. The van der Waals surface area contributed by atoms with Crippen molar-refractivity contribution >= 4 is 22.3 Å². The van der Waals surface area contributed by atoms with Crippen LogP contribution in [0.5, 0.6) is 0 Å². The van der Waals surface area contributed by atoms with Crippen molar-refractivity contribution in [3.63, 3.8) is 0 Å². The topological polar surface area (TPSA) is 48.9 Å². The van der Waals surface area contributed by atoms with Crippen LogP contribution in [0.25, 0.3) is 0 Å². The van der Waals surface area contributed by atoms with Gasteiger partial charge in [0, 0.05) is 50.2 Å². The highest BCUT2D eigenvalue weighted by Crippen LogP contribution is 2.60. The minimum atomic E-state index is 0.376. The Labute approximate surface area is 166 Å². The number of piperidine rings is 1. The van der Waals surface area contributed by atoms with Gasteiger partial charge in [-0.2, -0.15) is 0 Å². The Kier molecular flexibility index (Phi) is 4.80. The van der Waals surface area contributed by atoms with E-state index in [0.717, 1.165) is 25.7 Å². The maximum absolute atomic E-state index is 6.13. The lowest BCUT2D eigenvalue weighted by Crippen LogP contribution is -2.69. The summed E-state index contributed by atoms with van der Waals surface area (Å²) in [5.41, 5.74) is 0.376. The van der Waals surface area contributed by atoms with Gasteiger partial charge in [-0.1, -0.05) is 12.8 Å². The molecule has 0 radical (unpaired) electrons. The summed E-state index contributed by atoms with van der Waals surface area (Å²) in [5, 5.41) is 11.1. The molecule has 2 aliphatic heterocycles. The second kappa shape index (κ2) is 7.28. The third-order valence-electron chi connectivity index (χ3n) is 7.46. The van der Waals surface area contributed by atoms with Gasteiger partial charge in [0.25, 0.3) is 0 Å². The summed E-state index contributed by atoms with van der Waals surface area (Å²) in [4.78, 5) is 7.10. The number of ether oxygens (including phenoxy) is 1. The van der Waals surface area contributed by atoms with E-state index < -0.39 is 0 Å². The van der Waals surface area contributed by atoms with Crippen molar-refractivity contribution in [2.24, 2.45) is 16.3 Å². The molecule has 6 heteroatoms. The molecular weight excluding hydrogens is 356 g/mol. The van der Waals surface area contributed by atoms with Crippen molar-refractivity contribution in [2.75, 3.05) is 31.6 Å². The minimum absolute atomic E-state index is 0.376. The first-order valence-electron chi connectivity index (χ1n) is 10.7. The summed E-state index contributed by atoms with van der Waals surface area (Å²) in [6.07, 6.45) is 9.41. The molecule has 4 fully saturated rings. The number of thiophene rings is 1. The molecule has 0 aromatic carbocycles. The molecule has 0 bridgehead atoms. The summed E-state index contributed by atoms with van der Waals surface area (Å²) < 4.78 is 6.13. The van der Waals surface area contributed by atoms with Crippen molar-refractivity contribution in [2.45, 2.75) is 63.1 Å². The molecule has 1 aromatic rings. The van der Waals surface area contributed by atoms with Gasteiger partial charge in [-0.05, 0) is 49.6 Å². The largest absolute Gasteiger partial charge is 0.377 e. The highest BCUT2D eigenvalue weighted by atomic mass is 32.1. The van der Waals surface area contributed by atoms with Crippen LogP contribution in [-0.4, -0.2) is 50.9 Å². The lowest BCUT2D eigenvalue weighted by molar-refractivity contribution is -0.125. The van der Waals surface area contributed by atoms with Gasteiger partial charge in [-0.15, -0.1) is 11.3 Å². The van der Waals surface area contributed by atoms with Gasteiger partial charge in [-0.3, -0.25) is 4.99 Å². The summed E-state index contributed by atoms with van der Waals surface area (Å²) in [5.74, 6) is 1.69. The van der Waals surface area contributed by atoms with Gasteiger partial charge in [0.2, 0.25) is 0 Å². The van der Waals surface area contributed by atoms with E-state index in [1.54, 1.807) is 0 Å². The fourth-order valence-electron chi connectivity index (χ4n) is 6.11. The van der Waals surface area contributed by atoms with Crippen molar-refractivity contribution in [3.8, 4) is 0 Å². The van der Waals surface area contributed by atoms with Crippen LogP contribution in [0.15, 0.2) is 22.5 Å². The van der Waals surface area contributed by atoms with Crippen LogP contribution in [0.1, 0.15) is 44.9 Å². The Morgan fingerprint density at radius 1 is 1.22 bits per heavy atom. The quantitative estimate of drug-likeness (QED) is 0.617. The van der Waals surface area contributed by atoms with Crippen molar-refractivity contribution in [3.05, 3.63) is 17.5 Å². The number of fused-ring (bicyclic) bond motifs is 2.